The van der Waals surface area contributed by atoms with Crippen molar-refractivity contribution in [1.82, 2.24) is 10.6 Å². The van der Waals surface area contributed by atoms with E-state index in [1.165, 1.54) is 7.11 Å². The molecule has 0 aliphatic heterocycles. The van der Waals surface area contributed by atoms with Gasteiger partial charge in [0, 0.05) is 46.4 Å². The second kappa shape index (κ2) is 18.4. The van der Waals surface area contributed by atoms with Crippen molar-refractivity contribution in [3.63, 3.8) is 0 Å². The minimum absolute atomic E-state index is 0.0148. The number of ether oxygens (including phenoxy) is 3. The number of unbranched alkanes of at least 4 members (excludes halogenated alkanes) is 1. The Morgan fingerprint density at radius 3 is 2.27 bits per heavy atom. The molecule has 0 radical (unpaired) electrons. The van der Waals surface area contributed by atoms with Crippen LogP contribution in [-0.2, 0) is 20.7 Å². The Morgan fingerprint density at radius 2 is 1.60 bits per heavy atom. The highest BCUT2D eigenvalue weighted by Crippen LogP contribution is 2.20. The Morgan fingerprint density at radius 1 is 0.925 bits per heavy atom. The van der Waals surface area contributed by atoms with E-state index in [0.717, 1.165) is 18.4 Å². The molecule has 0 saturated carbocycles. The first-order valence-electron chi connectivity index (χ1n) is 14.0. The molecule has 5 N–H and O–H groups in total. The fourth-order valence-electron chi connectivity index (χ4n) is 4.31. The van der Waals surface area contributed by atoms with E-state index in [2.05, 4.69) is 24.5 Å². The number of aliphatic hydroxyl groups excluding tert-OH is 1. The molecule has 0 spiro atoms. The molecule has 2 amide bonds. The maximum absolute atomic E-state index is 13.0. The first-order valence-corrected chi connectivity index (χ1v) is 14.0. The molecule has 4 unspecified atom stereocenters. The number of hydrogen-bond acceptors (Lipinski definition) is 7. The van der Waals surface area contributed by atoms with Gasteiger partial charge < -0.3 is 35.7 Å². The summed E-state index contributed by atoms with van der Waals surface area (Å²) in [4.78, 5) is 25.6. The molecule has 9 heteroatoms. The Balaban J connectivity index is 1.85. The number of nitrogens with two attached hydrogens (primary N) is 1. The quantitative estimate of drug-likeness (QED) is 0.195. The Labute approximate surface area is 238 Å². The highest BCUT2D eigenvalue weighted by Gasteiger charge is 2.25. The Bertz CT molecular complexity index is 1000. The normalized spacial score (nSPS) is 14.3. The average Bonchev–Trinajstić information content (AvgIpc) is 2.96. The van der Waals surface area contributed by atoms with E-state index in [1.807, 2.05) is 36.4 Å². The van der Waals surface area contributed by atoms with Crippen LogP contribution in [0.2, 0.25) is 0 Å². The van der Waals surface area contributed by atoms with E-state index in [0.29, 0.717) is 43.9 Å². The molecule has 40 heavy (non-hydrogen) atoms. The van der Waals surface area contributed by atoms with E-state index in [9.17, 15) is 14.7 Å². The van der Waals surface area contributed by atoms with Crippen molar-refractivity contribution in [1.29, 1.82) is 0 Å². The van der Waals surface area contributed by atoms with Gasteiger partial charge in [0.05, 0.1) is 18.3 Å². The lowest BCUT2D eigenvalue weighted by Gasteiger charge is -2.28. The smallest absolute Gasteiger partial charge is 0.255 e. The van der Waals surface area contributed by atoms with Gasteiger partial charge in [-0.3, -0.25) is 9.59 Å². The number of benzene rings is 2. The standard InChI is InChI=1S/C31H47N3O6/c1-22(2)24(20-33-30(36)25-14-8-9-15-28(25)40-17-11-10-16-38-3)19-26(32)27(35)21-34-31(37)29(39-4)18-23-12-6-5-7-13-23/h5-9,12-15,22,24,26-27,29,35H,10-11,16-21,32H2,1-4H3,(H,33,36)(H,34,37). The van der Waals surface area contributed by atoms with Crippen molar-refractivity contribution in [2.24, 2.45) is 17.6 Å². The lowest BCUT2D eigenvalue weighted by atomic mass is 9.87. The maximum atomic E-state index is 13.0. The predicted octanol–water partition coefficient (Wildman–Crippen LogP) is 2.95. The van der Waals surface area contributed by atoms with Crippen molar-refractivity contribution < 1.29 is 28.9 Å². The van der Waals surface area contributed by atoms with Crippen LogP contribution in [0.5, 0.6) is 5.75 Å². The lowest BCUT2D eigenvalue weighted by molar-refractivity contribution is -0.131. The lowest BCUT2D eigenvalue weighted by Crippen LogP contribution is -2.48. The molecular weight excluding hydrogens is 510 g/mol. The van der Waals surface area contributed by atoms with Crippen molar-refractivity contribution in [2.75, 3.05) is 40.5 Å². The summed E-state index contributed by atoms with van der Waals surface area (Å²) in [6, 6.07) is 16.2. The zero-order valence-electron chi connectivity index (χ0n) is 24.3. The third kappa shape index (κ3) is 11.6. The van der Waals surface area contributed by atoms with E-state index >= 15 is 0 Å². The van der Waals surface area contributed by atoms with Gasteiger partial charge in [-0.1, -0.05) is 56.3 Å². The first kappa shape index (κ1) is 33.2. The van der Waals surface area contributed by atoms with E-state index in [1.54, 1.807) is 25.3 Å². The second-order valence-corrected chi connectivity index (χ2v) is 10.4. The molecule has 2 aromatic rings. The molecule has 0 saturated heterocycles. The molecule has 9 nitrogen and oxygen atoms in total. The second-order valence-electron chi connectivity index (χ2n) is 10.4. The molecule has 2 rings (SSSR count). The topological polar surface area (TPSA) is 132 Å². The molecule has 0 bridgehead atoms. The minimum Gasteiger partial charge on any atom is -0.493 e. The van der Waals surface area contributed by atoms with Gasteiger partial charge in [0.2, 0.25) is 5.91 Å². The fraction of sp³-hybridized carbons (Fsp3) is 0.548. The van der Waals surface area contributed by atoms with Crippen LogP contribution in [0.1, 0.15) is 49.0 Å². The van der Waals surface area contributed by atoms with Crippen molar-refractivity contribution >= 4 is 11.8 Å². The van der Waals surface area contributed by atoms with Crippen LogP contribution in [0.25, 0.3) is 0 Å². The fourth-order valence-corrected chi connectivity index (χ4v) is 4.31. The van der Waals surface area contributed by atoms with Gasteiger partial charge in [-0.2, -0.15) is 0 Å². The van der Waals surface area contributed by atoms with E-state index < -0.39 is 18.2 Å². The van der Waals surface area contributed by atoms with Gasteiger partial charge in [-0.05, 0) is 48.8 Å². The number of hydrogen-bond donors (Lipinski definition) is 4. The summed E-state index contributed by atoms with van der Waals surface area (Å²) < 4.78 is 16.3. The van der Waals surface area contributed by atoms with Crippen molar-refractivity contribution in [3.05, 3.63) is 65.7 Å². The highest BCUT2D eigenvalue weighted by atomic mass is 16.5. The zero-order valence-corrected chi connectivity index (χ0v) is 24.3. The van der Waals surface area contributed by atoms with Crippen molar-refractivity contribution in [2.45, 2.75) is 57.8 Å². The number of aliphatic hydroxyl groups is 1. The van der Waals surface area contributed by atoms with Crippen LogP contribution >= 0.6 is 0 Å². The van der Waals surface area contributed by atoms with E-state index in [-0.39, 0.29) is 30.2 Å². The first-order chi connectivity index (χ1) is 19.3. The van der Waals surface area contributed by atoms with E-state index in [4.69, 9.17) is 19.9 Å². The predicted molar refractivity (Wildman–Crippen MR) is 156 cm³/mol. The number of nitrogens with one attached hydrogen (secondary N) is 2. The van der Waals surface area contributed by atoms with Crippen LogP contribution in [0.15, 0.2) is 54.6 Å². The number of para-hydroxylation sites is 1. The maximum Gasteiger partial charge on any atom is 0.255 e. The van der Waals surface area contributed by atoms with Gasteiger partial charge >= 0.3 is 0 Å². The molecule has 0 fully saturated rings. The molecule has 0 aliphatic carbocycles. The number of carbonyl (C=O) groups excluding carboxylic acids is 2. The third-order valence-electron chi connectivity index (χ3n) is 7.00. The minimum atomic E-state index is -0.942. The summed E-state index contributed by atoms with van der Waals surface area (Å²) >= 11 is 0. The third-order valence-corrected chi connectivity index (χ3v) is 7.00. The highest BCUT2D eigenvalue weighted by molar-refractivity contribution is 5.96. The molecule has 2 aromatic carbocycles. The number of methoxy groups -OCH3 is 2. The average molecular weight is 558 g/mol. The van der Waals surface area contributed by atoms with Gasteiger partial charge in [-0.25, -0.2) is 0 Å². The van der Waals surface area contributed by atoms with Gasteiger partial charge in [-0.15, -0.1) is 0 Å². The molecule has 4 atom stereocenters. The monoisotopic (exact) mass is 557 g/mol. The molecular formula is C31H47N3O6. The largest absolute Gasteiger partial charge is 0.493 e. The van der Waals surface area contributed by atoms with Gasteiger partial charge in [0.15, 0.2) is 0 Å². The Kier molecular flexibility index (Phi) is 15.3. The molecule has 0 aliphatic rings. The summed E-state index contributed by atoms with van der Waals surface area (Å²) in [5.41, 5.74) is 7.80. The van der Waals surface area contributed by atoms with Gasteiger partial charge in [0.25, 0.3) is 5.91 Å². The van der Waals surface area contributed by atoms with Crippen LogP contribution in [0, 0.1) is 11.8 Å². The zero-order chi connectivity index (χ0) is 29.3. The summed E-state index contributed by atoms with van der Waals surface area (Å²) in [6.07, 6.45) is 1.02. The molecule has 0 heterocycles. The number of carbonyl (C=O) groups is 2. The van der Waals surface area contributed by atoms with Crippen LogP contribution in [-0.4, -0.2) is 75.7 Å². The summed E-state index contributed by atoms with van der Waals surface area (Å²) in [5.74, 6) is 0.261. The molecule has 0 aromatic heterocycles. The number of rotatable bonds is 19. The van der Waals surface area contributed by atoms with Crippen molar-refractivity contribution in [3.8, 4) is 5.75 Å². The Hall–Kier alpha value is -2.98. The molecule has 222 valence electrons. The van der Waals surface area contributed by atoms with Crippen LogP contribution in [0.4, 0.5) is 0 Å². The summed E-state index contributed by atoms with van der Waals surface area (Å²) in [7, 11) is 3.16. The van der Waals surface area contributed by atoms with Crippen LogP contribution in [0.3, 0.4) is 0 Å². The SMILES string of the molecule is COCCCCOc1ccccc1C(=O)NCC(CC(N)C(O)CNC(=O)C(Cc1ccccc1)OC)C(C)C. The summed E-state index contributed by atoms with van der Waals surface area (Å²) in [5, 5.41) is 16.4. The number of amides is 2. The van der Waals surface area contributed by atoms with Gasteiger partial charge in [0.1, 0.15) is 11.9 Å². The van der Waals surface area contributed by atoms with Crippen LogP contribution < -0.4 is 21.1 Å². The summed E-state index contributed by atoms with van der Waals surface area (Å²) in [6.45, 7) is 5.70.